The normalized spacial score (nSPS) is 10.4. The molecule has 6 heteroatoms. The van der Waals surface area contributed by atoms with Gasteiger partial charge in [0.25, 0.3) is 0 Å². The molecule has 21 heavy (non-hydrogen) atoms. The summed E-state index contributed by atoms with van der Waals surface area (Å²) < 4.78 is 5.21. The van der Waals surface area contributed by atoms with Gasteiger partial charge in [0, 0.05) is 26.2 Å². The number of carbonyl (C=O) groups is 2. The number of nitrogens with zero attached hydrogens (tertiary/aromatic N) is 1. The van der Waals surface area contributed by atoms with Crippen LogP contribution >= 0.6 is 0 Å². The summed E-state index contributed by atoms with van der Waals surface area (Å²) in [5.74, 6) is -1.09. The number of carboxylic acids is 1. The maximum atomic E-state index is 12.2. The van der Waals surface area contributed by atoms with Crippen LogP contribution in [0.4, 0.5) is 11.4 Å². The molecule has 116 valence electrons. The van der Waals surface area contributed by atoms with E-state index in [1.165, 1.54) is 12.1 Å². The number of anilines is 2. The number of amides is 1. The molecule has 1 amide bonds. The zero-order valence-corrected chi connectivity index (χ0v) is 12.5. The SMILES string of the molecule is CCOCCCC(=O)N(CC)c1ccc(C(=O)O)cc1N. The first-order valence-corrected chi connectivity index (χ1v) is 7.02. The summed E-state index contributed by atoms with van der Waals surface area (Å²) in [6.07, 6.45) is 1.02. The maximum Gasteiger partial charge on any atom is 0.335 e. The molecular weight excluding hydrogens is 272 g/mol. The van der Waals surface area contributed by atoms with E-state index >= 15 is 0 Å². The molecule has 0 aliphatic carbocycles. The van der Waals surface area contributed by atoms with Gasteiger partial charge in [0.2, 0.25) is 5.91 Å². The highest BCUT2D eigenvalue weighted by atomic mass is 16.5. The van der Waals surface area contributed by atoms with Crippen molar-refractivity contribution >= 4 is 23.3 Å². The Kier molecular flexibility index (Phi) is 6.68. The highest BCUT2D eigenvalue weighted by Crippen LogP contribution is 2.25. The lowest BCUT2D eigenvalue weighted by Gasteiger charge is -2.23. The number of ether oxygens (including phenoxy) is 1. The Morgan fingerprint density at radius 2 is 2.05 bits per heavy atom. The molecule has 1 rings (SSSR count). The van der Waals surface area contributed by atoms with E-state index in [9.17, 15) is 9.59 Å². The monoisotopic (exact) mass is 294 g/mol. The minimum atomic E-state index is -1.04. The van der Waals surface area contributed by atoms with Crippen LogP contribution in [0.1, 0.15) is 37.0 Å². The molecule has 1 aromatic carbocycles. The van der Waals surface area contributed by atoms with Crippen molar-refractivity contribution in [3.05, 3.63) is 23.8 Å². The van der Waals surface area contributed by atoms with Gasteiger partial charge in [-0.05, 0) is 38.5 Å². The zero-order chi connectivity index (χ0) is 15.8. The molecule has 3 N–H and O–H groups in total. The lowest BCUT2D eigenvalue weighted by molar-refractivity contribution is -0.118. The summed E-state index contributed by atoms with van der Waals surface area (Å²) in [5.41, 5.74) is 6.81. The summed E-state index contributed by atoms with van der Waals surface area (Å²) in [6, 6.07) is 4.39. The smallest absolute Gasteiger partial charge is 0.335 e. The van der Waals surface area contributed by atoms with Crippen LogP contribution in [0.2, 0.25) is 0 Å². The van der Waals surface area contributed by atoms with Gasteiger partial charge in [-0.1, -0.05) is 0 Å². The third kappa shape index (κ3) is 4.75. The topological polar surface area (TPSA) is 92.9 Å². The molecule has 6 nitrogen and oxygen atoms in total. The minimum absolute atomic E-state index is 0.0491. The van der Waals surface area contributed by atoms with Gasteiger partial charge < -0.3 is 20.5 Å². The average molecular weight is 294 g/mol. The molecule has 0 spiro atoms. The van der Waals surface area contributed by atoms with Gasteiger partial charge in [-0.2, -0.15) is 0 Å². The number of carboxylic acid groups (broad SMARTS) is 1. The third-order valence-electron chi connectivity index (χ3n) is 3.07. The molecule has 0 bridgehead atoms. The van der Waals surface area contributed by atoms with E-state index in [2.05, 4.69) is 0 Å². The van der Waals surface area contributed by atoms with Crippen molar-refractivity contribution < 1.29 is 19.4 Å². The molecule has 0 saturated carbocycles. The second kappa shape index (κ2) is 8.26. The summed E-state index contributed by atoms with van der Waals surface area (Å²) in [6.45, 7) is 5.42. The number of aromatic carboxylic acids is 1. The molecule has 0 aromatic heterocycles. The number of benzene rings is 1. The quantitative estimate of drug-likeness (QED) is 0.566. The number of hydrogen-bond acceptors (Lipinski definition) is 4. The van der Waals surface area contributed by atoms with Crippen LogP contribution in [0.5, 0.6) is 0 Å². The van der Waals surface area contributed by atoms with Crippen molar-refractivity contribution in [3.63, 3.8) is 0 Å². The van der Waals surface area contributed by atoms with E-state index in [1.54, 1.807) is 11.0 Å². The van der Waals surface area contributed by atoms with Crippen LogP contribution < -0.4 is 10.6 Å². The van der Waals surface area contributed by atoms with Gasteiger partial charge in [-0.25, -0.2) is 4.79 Å². The molecule has 1 aromatic rings. The van der Waals surface area contributed by atoms with Crippen molar-refractivity contribution in [2.24, 2.45) is 0 Å². The Labute approximate surface area is 124 Å². The van der Waals surface area contributed by atoms with Crippen molar-refractivity contribution in [2.75, 3.05) is 30.4 Å². The minimum Gasteiger partial charge on any atom is -0.478 e. The Balaban J connectivity index is 2.79. The van der Waals surface area contributed by atoms with Crippen molar-refractivity contribution in [2.45, 2.75) is 26.7 Å². The first-order chi connectivity index (χ1) is 10.0. The van der Waals surface area contributed by atoms with Crippen LogP contribution in [-0.2, 0) is 9.53 Å². The maximum absolute atomic E-state index is 12.2. The van der Waals surface area contributed by atoms with E-state index in [-0.39, 0.29) is 17.2 Å². The molecule has 0 atom stereocenters. The van der Waals surface area contributed by atoms with Gasteiger partial charge >= 0.3 is 5.97 Å². The Bertz CT molecular complexity index is 502. The van der Waals surface area contributed by atoms with Crippen molar-refractivity contribution in [3.8, 4) is 0 Å². The third-order valence-corrected chi connectivity index (χ3v) is 3.07. The van der Waals surface area contributed by atoms with E-state index in [4.69, 9.17) is 15.6 Å². The average Bonchev–Trinajstić information content (AvgIpc) is 2.45. The molecule has 0 heterocycles. The zero-order valence-electron chi connectivity index (χ0n) is 12.5. The fourth-order valence-corrected chi connectivity index (χ4v) is 2.02. The van der Waals surface area contributed by atoms with Crippen LogP contribution in [0, 0.1) is 0 Å². The number of nitrogens with two attached hydrogens (primary N) is 1. The van der Waals surface area contributed by atoms with Gasteiger partial charge in [-0.3, -0.25) is 4.79 Å². The fourth-order valence-electron chi connectivity index (χ4n) is 2.02. The predicted octanol–water partition coefficient (Wildman–Crippen LogP) is 2.14. The highest BCUT2D eigenvalue weighted by molar-refractivity contribution is 5.98. The predicted molar refractivity (Wildman–Crippen MR) is 81.6 cm³/mol. The van der Waals surface area contributed by atoms with Gasteiger partial charge in [0.15, 0.2) is 0 Å². The second-order valence-electron chi connectivity index (χ2n) is 4.52. The van der Waals surface area contributed by atoms with E-state index in [1.807, 2.05) is 13.8 Å². The molecular formula is C15H22N2O4. The molecule has 0 unspecified atom stereocenters. The van der Waals surface area contributed by atoms with Crippen molar-refractivity contribution in [1.82, 2.24) is 0 Å². The van der Waals surface area contributed by atoms with Gasteiger partial charge in [0.05, 0.1) is 16.9 Å². The molecule has 0 aliphatic rings. The molecule has 0 fully saturated rings. The first-order valence-electron chi connectivity index (χ1n) is 7.02. The van der Waals surface area contributed by atoms with Crippen LogP contribution in [-0.4, -0.2) is 36.7 Å². The van der Waals surface area contributed by atoms with E-state index in [0.29, 0.717) is 38.3 Å². The standard InChI is InChI=1S/C15H22N2O4/c1-3-17(14(18)6-5-9-21-4-2)13-8-7-11(15(19)20)10-12(13)16/h7-8,10H,3-6,9,16H2,1-2H3,(H,19,20). The van der Waals surface area contributed by atoms with E-state index < -0.39 is 5.97 Å². The first kappa shape index (κ1) is 17.0. The van der Waals surface area contributed by atoms with Crippen molar-refractivity contribution in [1.29, 1.82) is 0 Å². The second-order valence-corrected chi connectivity index (χ2v) is 4.52. The van der Waals surface area contributed by atoms with E-state index in [0.717, 1.165) is 0 Å². The Hall–Kier alpha value is -2.08. The largest absolute Gasteiger partial charge is 0.478 e. The van der Waals surface area contributed by atoms with Crippen LogP contribution in [0.15, 0.2) is 18.2 Å². The molecule has 0 radical (unpaired) electrons. The summed E-state index contributed by atoms with van der Waals surface area (Å²) in [4.78, 5) is 24.7. The van der Waals surface area contributed by atoms with Gasteiger partial charge in [0.1, 0.15) is 0 Å². The number of rotatable bonds is 8. The fraction of sp³-hybridized carbons (Fsp3) is 0.467. The Morgan fingerprint density at radius 1 is 1.33 bits per heavy atom. The number of nitrogen functional groups attached to an aromatic ring is 1. The van der Waals surface area contributed by atoms with Gasteiger partial charge in [-0.15, -0.1) is 0 Å². The van der Waals surface area contributed by atoms with Crippen LogP contribution in [0.25, 0.3) is 0 Å². The number of hydrogen-bond donors (Lipinski definition) is 2. The summed E-state index contributed by atoms with van der Waals surface area (Å²) >= 11 is 0. The lowest BCUT2D eigenvalue weighted by atomic mass is 10.1. The lowest BCUT2D eigenvalue weighted by Crippen LogP contribution is -2.31. The highest BCUT2D eigenvalue weighted by Gasteiger charge is 2.17. The summed E-state index contributed by atoms with van der Waals surface area (Å²) in [5, 5.41) is 8.92. The molecule has 0 aliphatic heterocycles. The Morgan fingerprint density at radius 3 is 2.57 bits per heavy atom. The van der Waals surface area contributed by atoms with Crippen LogP contribution in [0.3, 0.4) is 0 Å². The number of carbonyl (C=O) groups excluding carboxylic acids is 1. The summed E-state index contributed by atoms with van der Waals surface area (Å²) in [7, 11) is 0. The molecule has 0 saturated heterocycles.